The van der Waals surface area contributed by atoms with Crippen molar-refractivity contribution in [1.29, 1.82) is 0 Å². The molecule has 152 valence electrons. The van der Waals surface area contributed by atoms with E-state index in [4.69, 9.17) is 9.26 Å². The van der Waals surface area contributed by atoms with Gasteiger partial charge in [-0.15, -0.1) is 0 Å². The zero-order valence-electron chi connectivity index (χ0n) is 16.6. The smallest absolute Gasteiger partial charge is 0.360 e. The third kappa shape index (κ3) is 4.50. The summed E-state index contributed by atoms with van der Waals surface area (Å²) in [6.45, 7) is 7.37. The third-order valence-electron chi connectivity index (χ3n) is 4.13. The number of fused-ring (bicyclic) bond motifs is 1. The van der Waals surface area contributed by atoms with Crippen molar-refractivity contribution in [3.63, 3.8) is 0 Å². The molecule has 1 atom stereocenters. The predicted octanol–water partition coefficient (Wildman–Crippen LogP) is 2.53. The number of ether oxygens (including phenoxy) is 1. The van der Waals surface area contributed by atoms with E-state index in [0.717, 1.165) is 0 Å². The van der Waals surface area contributed by atoms with Crippen LogP contribution in [0.2, 0.25) is 0 Å². The van der Waals surface area contributed by atoms with E-state index in [1.165, 1.54) is 11.6 Å². The van der Waals surface area contributed by atoms with Crippen LogP contribution in [0, 0.1) is 12.8 Å². The molecule has 1 amide bonds. The summed E-state index contributed by atoms with van der Waals surface area (Å²) in [6.07, 6.45) is -1.11. The van der Waals surface area contributed by atoms with Gasteiger partial charge in [-0.1, -0.05) is 37.2 Å². The molecule has 29 heavy (non-hydrogen) atoms. The molecule has 0 spiro atoms. The van der Waals surface area contributed by atoms with Gasteiger partial charge >= 0.3 is 5.97 Å². The summed E-state index contributed by atoms with van der Waals surface area (Å²) in [6, 6.07) is 8.23. The number of rotatable bonds is 6. The normalized spacial score (nSPS) is 12.2. The molecule has 0 aliphatic carbocycles. The molecule has 2 heterocycles. The highest BCUT2D eigenvalue weighted by molar-refractivity contribution is 6.03. The van der Waals surface area contributed by atoms with Crippen LogP contribution in [0.15, 0.2) is 39.6 Å². The van der Waals surface area contributed by atoms with Crippen LogP contribution < -0.4 is 10.9 Å². The molecule has 1 unspecified atom stereocenters. The van der Waals surface area contributed by atoms with E-state index in [0.29, 0.717) is 23.1 Å². The zero-order chi connectivity index (χ0) is 21.1. The number of aryl methyl sites for hydroxylation is 1. The van der Waals surface area contributed by atoms with Crippen molar-refractivity contribution < 1.29 is 18.8 Å². The lowest BCUT2D eigenvalue weighted by Gasteiger charge is -2.15. The summed E-state index contributed by atoms with van der Waals surface area (Å²) in [5.74, 6) is -0.442. The van der Waals surface area contributed by atoms with Crippen LogP contribution in [0.3, 0.4) is 0 Å². The number of aromatic nitrogens is 3. The third-order valence-corrected chi connectivity index (χ3v) is 4.13. The van der Waals surface area contributed by atoms with Gasteiger partial charge in [0, 0.05) is 18.0 Å². The predicted molar refractivity (Wildman–Crippen MR) is 106 cm³/mol. The number of carbonyl (C=O) groups excluding carboxylic acids is 2. The number of hydrogen-bond donors (Lipinski definition) is 1. The first-order valence-corrected chi connectivity index (χ1v) is 9.21. The van der Waals surface area contributed by atoms with Crippen LogP contribution in [0.1, 0.15) is 37.0 Å². The molecule has 0 radical (unpaired) electrons. The average Bonchev–Trinajstić information content (AvgIpc) is 3.08. The Kier molecular flexibility index (Phi) is 5.76. The number of esters is 1. The van der Waals surface area contributed by atoms with Gasteiger partial charge in [0.05, 0.1) is 5.39 Å². The summed E-state index contributed by atoms with van der Waals surface area (Å²) in [4.78, 5) is 37.7. The van der Waals surface area contributed by atoms with Gasteiger partial charge in [-0.05, 0) is 25.8 Å². The monoisotopic (exact) mass is 398 g/mol. The molecular formula is C20H22N4O5. The SMILES string of the molecule is Cc1cc(NC(=O)C(C)OC(=O)c2nn(CC(C)C)c(=O)c3ccccc23)no1. The van der Waals surface area contributed by atoms with Crippen molar-refractivity contribution >= 4 is 28.5 Å². The Bertz CT molecular complexity index is 1120. The van der Waals surface area contributed by atoms with E-state index in [9.17, 15) is 14.4 Å². The maximum absolute atomic E-state index is 12.8. The first kappa shape index (κ1) is 20.2. The van der Waals surface area contributed by atoms with Crippen LogP contribution in [0.4, 0.5) is 5.82 Å². The van der Waals surface area contributed by atoms with E-state index in [1.807, 2.05) is 13.8 Å². The van der Waals surface area contributed by atoms with Crippen molar-refractivity contribution in [3.8, 4) is 0 Å². The van der Waals surface area contributed by atoms with Crippen LogP contribution in [-0.4, -0.2) is 32.9 Å². The van der Waals surface area contributed by atoms with E-state index in [-0.39, 0.29) is 23.0 Å². The summed E-state index contributed by atoms with van der Waals surface area (Å²) < 4.78 is 11.4. The Morgan fingerprint density at radius 1 is 1.21 bits per heavy atom. The Hall–Kier alpha value is -3.49. The minimum atomic E-state index is -1.11. The second kappa shape index (κ2) is 8.26. The number of nitrogens with one attached hydrogen (secondary N) is 1. The van der Waals surface area contributed by atoms with E-state index in [1.54, 1.807) is 37.3 Å². The zero-order valence-corrected chi connectivity index (χ0v) is 16.6. The maximum atomic E-state index is 12.8. The van der Waals surface area contributed by atoms with Gasteiger partial charge in [-0.25, -0.2) is 9.48 Å². The Balaban J connectivity index is 1.87. The van der Waals surface area contributed by atoms with Gasteiger partial charge in [0.1, 0.15) is 5.76 Å². The van der Waals surface area contributed by atoms with Gasteiger partial charge in [0.15, 0.2) is 17.6 Å². The van der Waals surface area contributed by atoms with Gasteiger partial charge in [-0.2, -0.15) is 5.10 Å². The maximum Gasteiger partial charge on any atom is 0.360 e. The standard InChI is InChI=1S/C20H22N4O5/c1-11(2)10-24-19(26)15-8-6-5-7-14(15)17(22-24)20(27)28-13(4)18(25)21-16-9-12(3)29-23-16/h5-9,11,13H,10H2,1-4H3,(H,21,23,25). The molecule has 0 saturated carbocycles. The lowest BCUT2D eigenvalue weighted by atomic mass is 10.1. The molecule has 0 bridgehead atoms. The van der Waals surface area contributed by atoms with Crippen molar-refractivity contribution in [1.82, 2.24) is 14.9 Å². The molecule has 9 nitrogen and oxygen atoms in total. The van der Waals surface area contributed by atoms with Crippen molar-refractivity contribution in [3.05, 3.63) is 52.1 Å². The Labute approximate surface area is 166 Å². The molecule has 0 saturated heterocycles. The molecular weight excluding hydrogens is 376 g/mol. The highest BCUT2D eigenvalue weighted by Crippen LogP contribution is 2.16. The Morgan fingerprint density at radius 2 is 1.90 bits per heavy atom. The minimum absolute atomic E-state index is 0.0159. The molecule has 0 fully saturated rings. The molecule has 3 rings (SSSR count). The van der Waals surface area contributed by atoms with Crippen LogP contribution in [-0.2, 0) is 16.1 Å². The molecule has 0 aliphatic rings. The fraction of sp³-hybridized carbons (Fsp3) is 0.350. The highest BCUT2D eigenvalue weighted by atomic mass is 16.5. The topological polar surface area (TPSA) is 116 Å². The second-order valence-corrected chi connectivity index (χ2v) is 7.13. The lowest BCUT2D eigenvalue weighted by molar-refractivity contribution is -0.123. The van der Waals surface area contributed by atoms with Crippen molar-refractivity contribution in [2.24, 2.45) is 5.92 Å². The summed E-state index contributed by atoms with van der Waals surface area (Å²) >= 11 is 0. The number of nitrogens with zero attached hydrogens (tertiary/aromatic N) is 3. The quantitative estimate of drug-likeness (QED) is 0.634. The molecule has 1 aromatic carbocycles. The second-order valence-electron chi connectivity index (χ2n) is 7.13. The summed E-state index contributed by atoms with van der Waals surface area (Å²) in [7, 11) is 0. The van der Waals surface area contributed by atoms with Gasteiger partial charge in [0.25, 0.3) is 11.5 Å². The summed E-state index contributed by atoms with van der Waals surface area (Å²) in [5, 5.41) is 11.1. The van der Waals surface area contributed by atoms with Crippen LogP contribution >= 0.6 is 0 Å². The number of hydrogen-bond acceptors (Lipinski definition) is 7. The van der Waals surface area contributed by atoms with E-state index in [2.05, 4.69) is 15.6 Å². The van der Waals surface area contributed by atoms with E-state index < -0.39 is 18.0 Å². The largest absolute Gasteiger partial charge is 0.448 e. The minimum Gasteiger partial charge on any atom is -0.448 e. The Morgan fingerprint density at radius 3 is 2.52 bits per heavy atom. The van der Waals surface area contributed by atoms with Gasteiger partial charge in [-0.3, -0.25) is 9.59 Å². The number of benzene rings is 1. The van der Waals surface area contributed by atoms with Crippen LogP contribution in [0.5, 0.6) is 0 Å². The van der Waals surface area contributed by atoms with Crippen molar-refractivity contribution in [2.45, 2.75) is 40.3 Å². The summed E-state index contributed by atoms with van der Waals surface area (Å²) in [5.41, 5.74) is -0.296. The van der Waals surface area contributed by atoms with E-state index >= 15 is 0 Å². The number of amides is 1. The van der Waals surface area contributed by atoms with Gasteiger partial charge in [0.2, 0.25) is 0 Å². The highest BCUT2D eigenvalue weighted by Gasteiger charge is 2.24. The molecule has 2 aromatic heterocycles. The lowest BCUT2D eigenvalue weighted by Crippen LogP contribution is -2.32. The molecule has 3 aromatic rings. The molecule has 0 aliphatic heterocycles. The fourth-order valence-electron chi connectivity index (χ4n) is 2.78. The first-order chi connectivity index (χ1) is 13.8. The average molecular weight is 398 g/mol. The molecule has 9 heteroatoms. The van der Waals surface area contributed by atoms with Crippen LogP contribution in [0.25, 0.3) is 10.8 Å². The first-order valence-electron chi connectivity index (χ1n) is 9.21. The van der Waals surface area contributed by atoms with Gasteiger partial charge < -0.3 is 14.6 Å². The fourth-order valence-corrected chi connectivity index (χ4v) is 2.78. The molecule has 1 N–H and O–H groups in total. The van der Waals surface area contributed by atoms with Crippen molar-refractivity contribution in [2.75, 3.05) is 5.32 Å². The number of anilines is 1. The number of carbonyl (C=O) groups is 2.